The van der Waals surface area contributed by atoms with Crippen molar-refractivity contribution in [1.29, 1.82) is 0 Å². The van der Waals surface area contributed by atoms with E-state index in [4.69, 9.17) is 0 Å². The lowest BCUT2D eigenvalue weighted by Crippen LogP contribution is -2.48. The van der Waals surface area contributed by atoms with Crippen molar-refractivity contribution in [3.8, 4) is 0 Å². The summed E-state index contributed by atoms with van der Waals surface area (Å²) in [5, 5.41) is 2.10. The molecule has 2 aromatic rings. The molecule has 4 heteroatoms. The highest BCUT2D eigenvalue weighted by atomic mass is 32.1. The van der Waals surface area contributed by atoms with Crippen molar-refractivity contribution in [2.75, 3.05) is 26.2 Å². The number of aryl methyl sites for hydroxylation is 2. The first-order valence-corrected chi connectivity index (χ1v) is 9.67. The van der Waals surface area contributed by atoms with Gasteiger partial charge in [0, 0.05) is 44.0 Å². The molecule has 3 nitrogen and oxygen atoms in total. The smallest absolute Gasteiger partial charge is 0.222 e. The zero-order valence-electron chi connectivity index (χ0n) is 14.4. The lowest BCUT2D eigenvalue weighted by atomic mass is 10.1. The van der Waals surface area contributed by atoms with E-state index in [2.05, 4.69) is 53.6 Å². The molecule has 3 rings (SSSR count). The molecule has 0 saturated carbocycles. The van der Waals surface area contributed by atoms with E-state index in [9.17, 15) is 4.79 Å². The fourth-order valence-corrected chi connectivity index (χ4v) is 4.00. The lowest BCUT2D eigenvalue weighted by molar-refractivity contribution is -0.133. The SMILES string of the molecule is Cc1cccc(CN2CCN(C(=O)CCCc3cccs3)CC2)c1. The van der Waals surface area contributed by atoms with Crippen LogP contribution in [0.25, 0.3) is 0 Å². The zero-order valence-corrected chi connectivity index (χ0v) is 15.2. The molecule has 0 unspecified atom stereocenters. The Hall–Kier alpha value is -1.65. The molecule has 0 radical (unpaired) electrons. The Morgan fingerprint density at radius 2 is 1.96 bits per heavy atom. The summed E-state index contributed by atoms with van der Waals surface area (Å²) in [5.41, 5.74) is 2.68. The maximum Gasteiger partial charge on any atom is 0.222 e. The molecule has 24 heavy (non-hydrogen) atoms. The van der Waals surface area contributed by atoms with Crippen molar-refractivity contribution in [2.24, 2.45) is 0 Å². The highest BCUT2D eigenvalue weighted by molar-refractivity contribution is 7.09. The summed E-state index contributed by atoms with van der Waals surface area (Å²) < 4.78 is 0. The second kappa shape index (κ2) is 8.45. The van der Waals surface area contributed by atoms with Gasteiger partial charge < -0.3 is 4.90 Å². The number of hydrogen-bond acceptors (Lipinski definition) is 3. The van der Waals surface area contributed by atoms with Gasteiger partial charge in [-0.25, -0.2) is 0 Å². The predicted octanol–water partition coefficient (Wildman–Crippen LogP) is 3.72. The minimum atomic E-state index is 0.321. The van der Waals surface area contributed by atoms with E-state index in [0.29, 0.717) is 12.3 Å². The predicted molar refractivity (Wildman–Crippen MR) is 100 cm³/mol. The summed E-state index contributed by atoms with van der Waals surface area (Å²) in [7, 11) is 0. The van der Waals surface area contributed by atoms with Gasteiger partial charge in [0.1, 0.15) is 0 Å². The van der Waals surface area contributed by atoms with Crippen LogP contribution in [0.2, 0.25) is 0 Å². The molecular weight excluding hydrogens is 316 g/mol. The van der Waals surface area contributed by atoms with Crippen molar-refractivity contribution in [1.82, 2.24) is 9.80 Å². The van der Waals surface area contributed by atoms with Crippen molar-refractivity contribution < 1.29 is 4.79 Å². The third-order valence-corrected chi connectivity index (χ3v) is 5.54. The molecule has 0 aliphatic carbocycles. The molecule has 128 valence electrons. The Kier molecular flexibility index (Phi) is 6.05. The van der Waals surface area contributed by atoms with E-state index < -0.39 is 0 Å². The fraction of sp³-hybridized carbons (Fsp3) is 0.450. The normalized spacial score (nSPS) is 15.6. The van der Waals surface area contributed by atoms with Gasteiger partial charge >= 0.3 is 0 Å². The Morgan fingerprint density at radius 3 is 2.67 bits per heavy atom. The van der Waals surface area contributed by atoms with Crippen LogP contribution in [0.4, 0.5) is 0 Å². The largest absolute Gasteiger partial charge is 0.340 e. The summed E-state index contributed by atoms with van der Waals surface area (Å²) in [6, 6.07) is 12.9. The molecule has 1 aliphatic rings. The van der Waals surface area contributed by atoms with Crippen LogP contribution in [0, 0.1) is 6.92 Å². The van der Waals surface area contributed by atoms with Crippen LogP contribution >= 0.6 is 11.3 Å². The number of hydrogen-bond donors (Lipinski definition) is 0. The first-order valence-electron chi connectivity index (χ1n) is 8.79. The van der Waals surface area contributed by atoms with E-state index in [0.717, 1.165) is 45.6 Å². The Bertz CT molecular complexity index is 645. The van der Waals surface area contributed by atoms with Crippen molar-refractivity contribution in [2.45, 2.75) is 32.7 Å². The fourth-order valence-electron chi connectivity index (χ4n) is 3.25. The summed E-state index contributed by atoms with van der Waals surface area (Å²) in [4.78, 5) is 18.2. The Morgan fingerprint density at radius 1 is 1.12 bits per heavy atom. The van der Waals surface area contributed by atoms with Crippen LogP contribution in [0.3, 0.4) is 0 Å². The number of piperazine rings is 1. The molecule has 0 N–H and O–H groups in total. The molecule has 1 aromatic heterocycles. The number of carbonyl (C=O) groups excluding carboxylic acids is 1. The summed E-state index contributed by atoms with van der Waals surface area (Å²) in [6.45, 7) is 6.81. The van der Waals surface area contributed by atoms with Gasteiger partial charge in [0.15, 0.2) is 0 Å². The van der Waals surface area contributed by atoms with Crippen LogP contribution in [-0.4, -0.2) is 41.9 Å². The maximum absolute atomic E-state index is 12.3. The van der Waals surface area contributed by atoms with Gasteiger partial charge in [0.05, 0.1) is 0 Å². The van der Waals surface area contributed by atoms with Crippen LogP contribution < -0.4 is 0 Å². The highest BCUT2D eigenvalue weighted by Crippen LogP contribution is 2.14. The van der Waals surface area contributed by atoms with Crippen LogP contribution in [-0.2, 0) is 17.8 Å². The second-order valence-electron chi connectivity index (χ2n) is 6.58. The lowest BCUT2D eigenvalue weighted by Gasteiger charge is -2.35. The number of carbonyl (C=O) groups is 1. The maximum atomic E-state index is 12.3. The van der Waals surface area contributed by atoms with Gasteiger partial charge in [0.2, 0.25) is 5.91 Å². The second-order valence-corrected chi connectivity index (χ2v) is 7.61. The van der Waals surface area contributed by atoms with Crippen LogP contribution in [0.5, 0.6) is 0 Å². The molecule has 1 aromatic carbocycles. The van der Waals surface area contributed by atoms with Gasteiger partial charge in [-0.2, -0.15) is 0 Å². The average molecular weight is 343 g/mol. The molecule has 1 aliphatic heterocycles. The third kappa shape index (κ3) is 4.92. The molecule has 0 bridgehead atoms. The van der Waals surface area contributed by atoms with Crippen LogP contribution in [0.1, 0.15) is 28.8 Å². The summed E-state index contributed by atoms with van der Waals surface area (Å²) in [5.74, 6) is 0.321. The van der Waals surface area contributed by atoms with Gasteiger partial charge in [-0.1, -0.05) is 35.9 Å². The molecule has 2 heterocycles. The van der Waals surface area contributed by atoms with Crippen molar-refractivity contribution >= 4 is 17.2 Å². The molecule has 1 fully saturated rings. The van der Waals surface area contributed by atoms with E-state index in [1.54, 1.807) is 11.3 Å². The standard InChI is InChI=1S/C20H26N2OS/c1-17-5-2-6-18(15-17)16-21-10-12-22(13-11-21)20(23)9-3-7-19-8-4-14-24-19/h2,4-6,8,14-15H,3,7,9-13,16H2,1H3. The number of rotatable bonds is 6. The van der Waals surface area contributed by atoms with Gasteiger partial charge in [-0.3, -0.25) is 9.69 Å². The highest BCUT2D eigenvalue weighted by Gasteiger charge is 2.20. The average Bonchev–Trinajstić information content (AvgIpc) is 3.09. The van der Waals surface area contributed by atoms with E-state index >= 15 is 0 Å². The minimum absolute atomic E-state index is 0.321. The Balaban J connectivity index is 1.38. The third-order valence-electron chi connectivity index (χ3n) is 4.61. The Labute approximate surface area is 148 Å². The topological polar surface area (TPSA) is 23.6 Å². The van der Waals surface area contributed by atoms with E-state index in [1.165, 1.54) is 16.0 Å². The first kappa shape index (κ1) is 17.2. The van der Waals surface area contributed by atoms with Crippen molar-refractivity contribution in [3.63, 3.8) is 0 Å². The monoisotopic (exact) mass is 342 g/mol. The van der Waals surface area contributed by atoms with Crippen molar-refractivity contribution in [3.05, 3.63) is 57.8 Å². The van der Waals surface area contributed by atoms with Gasteiger partial charge in [-0.05, 0) is 36.8 Å². The molecule has 0 spiro atoms. The van der Waals surface area contributed by atoms with Crippen LogP contribution in [0.15, 0.2) is 41.8 Å². The molecule has 0 atom stereocenters. The van der Waals surface area contributed by atoms with Gasteiger partial charge in [0.25, 0.3) is 0 Å². The first-order chi connectivity index (χ1) is 11.7. The van der Waals surface area contributed by atoms with E-state index in [-0.39, 0.29) is 0 Å². The quantitative estimate of drug-likeness (QED) is 0.799. The van der Waals surface area contributed by atoms with Gasteiger partial charge in [-0.15, -0.1) is 11.3 Å². The molecule has 1 amide bonds. The number of nitrogens with zero attached hydrogens (tertiary/aromatic N) is 2. The molecular formula is C20H26N2OS. The number of amides is 1. The minimum Gasteiger partial charge on any atom is -0.340 e. The molecule has 1 saturated heterocycles. The number of thiophene rings is 1. The number of benzene rings is 1. The van der Waals surface area contributed by atoms with E-state index in [1.807, 2.05) is 4.90 Å². The zero-order chi connectivity index (χ0) is 16.8. The summed E-state index contributed by atoms with van der Waals surface area (Å²) >= 11 is 1.78. The summed E-state index contributed by atoms with van der Waals surface area (Å²) in [6.07, 6.45) is 2.66.